The van der Waals surface area contributed by atoms with Crippen molar-refractivity contribution in [2.45, 2.75) is 58.0 Å². The quantitative estimate of drug-likeness (QED) is 0.885. The Kier molecular flexibility index (Phi) is 4.48. The first-order valence-corrected chi connectivity index (χ1v) is 7.53. The van der Waals surface area contributed by atoms with Crippen LogP contribution in [0.25, 0.3) is 0 Å². The van der Waals surface area contributed by atoms with Gasteiger partial charge in [0.2, 0.25) is 0 Å². The van der Waals surface area contributed by atoms with Crippen molar-refractivity contribution in [1.29, 1.82) is 0 Å². The van der Waals surface area contributed by atoms with Crippen molar-refractivity contribution in [1.82, 2.24) is 9.55 Å². The Hall–Kier alpha value is -1.36. The molecule has 1 aromatic heterocycles. The summed E-state index contributed by atoms with van der Waals surface area (Å²) in [7, 11) is 0. The Morgan fingerprint density at radius 3 is 2.95 bits per heavy atom. The van der Waals surface area contributed by atoms with E-state index in [1.54, 1.807) is 17.0 Å². The van der Waals surface area contributed by atoms with Crippen LogP contribution in [0, 0.1) is 5.92 Å². The molecule has 5 nitrogen and oxygen atoms in total. The topological polar surface area (TPSA) is 72.9 Å². The Morgan fingerprint density at radius 1 is 1.60 bits per heavy atom. The van der Waals surface area contributed by atoms with Gasteiger partial charge in [0.1, 0.15) is 0 Å². The van der Waals surface area contributed by atoms with E-state index in [9.17, 15) is 4.79 Å². The molecule has 0 spiro atoms. The zero-order valence-corrected chi connectivity index (χ0v) is 12.7. The summed E-state index contributed by atoms with van der Waals surface area (Å²) in [6.45, 7) is 6.77. The van der Waals surface area contributed by atoms with Crippen molar-refractivity contribution in [3.8, 4) is 0 Å². The molecular formula is C15H26N4O. The number of hydrogen-bond acceptors (Lipinski definition) is 4. The third-order valence-electron chi connectivity index (χ3n) is 4.29. The number of nitrogens with two attached hydrogens (primary N) is 1. The minimum absolute atomic E-state index is 0.0615. The van der Waals surface area contributed by atoms with E-state index in [1.807, 2.05) is 13.8 Å². The van der Waals surface area contributed by atoms with Crippen molar-refractivity contribution in [2.24, 2.45) is 11.7 Å². The molecular weight excluding hydrogens is 252 g/mol. The molecule has 1 fully saturated rings. The molecule has 0 bridgehead atoms. The van der Waals surface area contributed by atoms with E-state index in [1.165, 1.54) is 6.42 Å². The van der Waals surface area contributed by atoms with Gasteiger partial charge < -0.3 is 15.6 Å². The molecule has 1 aliphatic rings. The van der Waals surface area contributed by atoms with Crippen molar-refractivity contribution in [3.63, 3.8) is 0 Å². The SMILES string of the molecule is CC1CCCC(CN)(Nc2nccn(C(C)C)c2=O)C1. The van der Waals surface area contributed by atoms with Crippen LogP contribution >= 0.6 is 0 Å². The molecule has 112 valence electrons. The lowest BCUT2D eigenvalue weighted by atomic mass is 9.76. The van der Waals surface area contributed by atoms with Gasteiger partial charge in [-0.2, -0.15) is 0 Å². The third-order valence-corrected chi connectivity index (χ3v) is 4.29. The minimum atomic E-state index is -0.181. The van der Waals surface area contributed by atoms with Gasteiger partial charge in [0.15, 0.2) is 5.82 Å². The van der Waals surface area contributed by atoms with Gasteiger partial charge in [0.05, 0.1) is 5.54 Å². The van der Waals surface area contributed by atoms with E-state index in [0.717, 1.165) is 19.3 Å². The molecule has 2 unspecified atom stereocenters. The third kappa shape index (κ3) is 3.03. The lowest BCUT2D eigenvalue weighted by molar-refractivity contribution is 0.263. The predicted octanol–water partition coefficient (Wildman–Crippen LogP) is 2.14. The molecule has 5 heteroatoms. The standard InChI is InChI=1S/C15H26N4O/c1-11(2)19-8-7-17-13(14(19)20)18-15(10-16)6-4-5-12(3)9-15/h7-8,11-12H,4-6,9-10,16H2,1-3H3,(H,17,18). The number of hydrogen-bond donors (Lipinski definition) is 2. The van der Waals surface area contributed by atoms with Gasteiger partial charge in [0.25, 0.3) is 5.56 Å². The summed E-state index contributed by atoms with van der Waals surface area (Å²) in [5, 5.41) is 3.37. The maximum Gasteiger partial charge on any atom is 0.293 e. The maximum absolute atomic E-state index is 12.4. The zero-order valence-electron chi connectivity index (χ0n) is 12.7. The normalized spacial score (nSPS) is 26.8. The summed E-state index contributed by atoms with van der Waals surface area (Å²) < 4.78 is 1.70. The van der Waals surface area contributed by atoms with Gasteiger partial charge in [0, 0.05) is 25.0 Å². The molecule has 0 aromatic carbocycles. The first-order chi connectivity index (χ1) is 9.47. The fourth-order valence-corrected chi connectivity index (χ4v) is 3.18. The van der Waals surface area contributed by atoms with E-state index in [4.69, 9.17) is 5.73 Å². The Labute approximate surface area is 120 Å². The van der Waals surface area contributed by atoms with E-state index >= 15 is 0 Å². The lowest BCUT2D eigenvalue weighted by Gasteiger charge is -2.40. The molecule has 0 amide bonds. The second-order valence-corrected chi connectivity index (χ2v) is 6.39. The fourth-order valence-electron chi connectivity index (χ4n) is 3.18. The molecule has 0 radical (unpaired) electrons. The smallest absolute Gasteiger partial charge is 0.293 e. The first kappa shape index (κ1) is 15.0. The summed E-state index contributed by atoms with van der Waals surface area (Å²) in [5.41, 5.74) is 5.76. The van der Waals surface area contributed by atoms with Crippen LogP contribution in [0.4, 0.5) is 5.82 Å². The van der Waals surface area contributed by atoms with Crippen LogP contribution in [-0.2, 0) is 0 Å². The molecule has 20 heavy (non-hydrogen) atoms. The molecule has 1 saturated carbocycles. The summed E-state index contributed by atoms with van der Waals surface area (Å²) in [6, 6.07) is 0.130. The highest BCUT2D eigenvalue weighted by Crippen LogP contribution is 2.33. The minimum Gasteiger partial charge on any atom is -0.359 e. The van der Waals surface area contributed by atoms with Gasteiger partial charge >= 0.3 is 0 Å². The van der Waals surface area contributed by atoms with Crippen LogP contribution in [-0.4, -0.2) is 21.6 Å². The summed E-state index contributed by atoms with van der Waals surface area (Å²) in [6.07, 6.45) is 7.81. The van der Waals surface area contributed by atoms with Crippen molar-refractivity contribution < 1.29 is 0 Å². The highest BCUT2D eigenvalue weighted by Gasteiger charge is 2.34. The summed E-state index contributed by atoms with van der Waals surface area (Å²) in [5.74, 6) is 1.07. The summed E-state index contributed by atoms with van der Waals surface area (Å²) in [4.78, 5) is 16.7. The van der Waals surface area contributed by atoms with Crippen molar-refractivity contribution >= 4 is 5.82 Å². The molecule has 3 N–H and O–H groups in total. The average Bonchev–Trinajstić information content (AvgIpc) is 2.41. The maximum atomic E-state index is 12.4. The number of rotatable bonds is 4. The van der Waals surface area contributed by atoms with Crippen molar-refractivity contribution in [3.05, 3.63) is 22.7 Å². The molecule has 2 rings (SSSR count). The molecule has 1 aromatic rings. The van der Waals surface area contributed by atoms with Gasteiger partial charge in [-0.05, 0) is 32.6 Å². The number of nitrogens with zero attached hydrogens (tertiary/aromatic N) is 2. The van der Waals surface area contributed by atoms with Crippen LogP contribution in [0.15, 0.2) is 17.2 Å². The van der Waals surface area contributed by atoms with Gasteiger partial charge in [-0.3, -0.25) is 4.79 Å². The van der Waals surface area contributed by atoms with E-state index in [0.29, 0.717) is 18.3 Å². The van der Waals surface area contributed by atoms with E-state index in [2.05, 4.69) is 17.2 Å². The molecule has 1 aliphatic carbocycles. The largest absolute Gasteiger partial charge is 0.359 e. The number of nitrogens with one attached hydrogen (secondary N) is 1. The Balaban J connectivity index is 2.28. The number of anilines is 1. The molecule has 0 saturated heterocycles. The van der Waals surface area contributed by atoms with E-state index < -0.39 is 0 Å². The predicted molar refractivity (Wildman–Crippen MR) is 81.9 cm³/mol. The first-order valence-electron chi connectivity index (χ1n) is 7.53. The second kappa shape index (κ2) is 5.95. The van der Waals surface area contributed by atoms with Crippen LogP contribution in [0.3, 0.4) is 0 Å². The lowest BCUT2D eigenvalue weighted by Crippen LogP contribution is -2.50. The number of aromatic nitrogens is 2. The zero-order chi connectivity index (χ0) is 14.8. The second-order valence-electron chi connectivity index (χ2n) is 6.39. The summed E-state index contributed by atoms with van der Waals surface area (Å²) >= 11 is 0. The van der Waals surface area contributed by atoms with Crippen LogP contribution in [0.2, 0.25) is 0 Å². The van der Waals surface area contributed by atoms with Gasteiger partial charge in [-0.1, -0.05) is 19.8 Å². The molecule has 1 heterocycles. The van der Waals surface area contributed by atoms with Gasteiger partial charge in [-0.15, -0.1) is 0 Å². The van der Waals surface area contributed by atoms with Crippen LogP contribution in [0.1, 0.15) is 52.5 Å². The van der Waals surface area contributed by atoms with Crippen LogP contribution < -0.4 is 16.6 Å². The monoisotopic (exact) mass is 278 g/mol. The molecule has 2 atom stereocenters. The highest BCUT2D eigenvalue weighted by atomic mass is 16.1. The average molecular weight is 278 g/mol. The van der Waals surface area contributed by atoms with Crippen LogP contribution in [0.5, 0.6) is 0 Å². The fraction of sp³-hybridized carbons (Fsp3) is 0.733. The Morgan fingerprint density at radius 2 is 2.35 bits per heavy atom. The molecule has 0 aliphatic heterocycles. The highest BCUT2D eigenvalue weighted by molar-refractivity contribution is 5.36. The Bertz CT molecular complexity index is 511. The van der Waals surface area contributed by atoms with Crippen molar-refractivity contribution in [2.75, 3.05) is 11.9 Å². The van der Waals surface area contributed by atoms with E-state index in [-0.39, 0.29) is 17.1 Å². The van der Waals surface area contributed by atoms with Gasteiger partial charge in [-0.25, -0.2) is 4.98 Å².